The summed E-state index contributed by atoms with van der Waals surface area (Å²) < 4.78 is 1.13. The van der Waals surface area contributed by atoms with E-state index in [1.54, 1.807) is 30.3 Å². The minimum absolute atomic E-state index is 0.352. The van der Waals surface area contributed by atoms with Gasteiger partial charge in [0.25, 0.3) is 0 Å². The third-order valence-corrected chi connectivity index (χ3v) is 3.98. The first-order chi connectivity index (χ1) is 11.3. The van der Waals surface area contributed by atoms with Crippen LogP contribution in [0.4, 0.5) is 21.9 Å². The molecule has 0 aliphatic rings. The molecule has 2 aromatic carbocycles. The average Bonchev–Trinajstić information content (AvgIpc) is 2.53. The number of nitrogens with zero attached hydrogens (tertiary/aromatic N) is 2. The summed E-state index contributed by atoms with van der Waals surface area (Å²) in [6.45, 7) is 0. The molecule has 0 spiro atoms. The normalized spacial score (nSPS) is 10.2. The summed E-state index contributed by atoms with van der Waals surface area (Å²) in [5.74, 6) is -0.536. The van der Waals surface area contributed by atoms with Crippen molar-refractivity contribution in [2.75, 3.05) is 28.6 Å². The monoisotopic (exact) mass is 364 g/mol. The topological polar surface area (TPSA) is 78.7 Å². The Morgan fingerprint density at radius 1 is 1.12 bits per heavy atom. The van der Waals surface area contributed by atoms with E-state index in [2.05, 4.69) is 18.1 Å². The molecule has 8 heteroatoms. The number of carbonyl (C=O) groups is 2. The number of nitrogens with two attached hydrogens (primary N) is 1. The molecule has 2 rings (SSSR count). The Hall–Kier alpha value is -2.38. The number of halogens is 1. The second-order valence-corrected chi connectivity index (χ2v) is 5.99. The summed E-state index contributed by atoms with van der Waals surface area (Å²) in [5, 5.41) is 3.28. The maximum absolute atomic E-state index is 12.4. The van der Waals surface area contributed by atoms with Crippen molar-refractivity contribution < 1.29 is 9.59 Å². The Morgan fingerprint density at radius 2 is 1.75 bits per heavy atom. The van der Waals surface area contributed by atoms with Gasteiger partial charge in [-0.15, -0.1) is 0 Å². The summed E-state index contributed by atoms with van der Waals surface area (Å²) in [4.78, 5) is 25.3. The van der Waals surface area contributed by atoms with E-state index in [0.717, 1.165) is 4.31 Å². The van der Waals surface area contributed by atoms with Crippen LogP contribution in [-0.2, 0) is 0 Å². The molecule has 0 aromatic heterocycles. The number of anilines is 3. The van der Waals surface area contributed by atoms with Crippen molar-refractivity contribution in [2.24, 2.45) is 5.73 Å². The second-order valence-electron chi connectivity index (χ2n) is 5.18. The predicted molar refractivity (Wildman–Crippen MR) is 101 cm³/mol. The van der Waals surface area contributed by atoms with E-state index in [4.69, 9.17) is 17.3 Å². The summed E-state index contributed by atoms with van der Waals surface area (Å²) in [7, 11) is 3.66. The van der Waals surface area contributed by atoms with Gasteiger partial charge in [-0.05, 0) is 36.4 Å². The molecule has 3 N–H and O–H groups in total. The number of carbonyl (C=O) groups excluding carboxylic acids is 2. The van der Waals surface area contributed by atoms with Gasteiger partial charge in [-0.2, -0.15) is 0 Å². The molecule has 0 aliphatic carbocycles. The van der Waals surface area contributed by atoms with Gasteiger partial charge in [-0.25, -0.2) is 9.10 Å². The highest BCUT2D eigenvalue weighted by molar-refractivity contribution is 7.82. The summed E-state index contributed by atoms with van der Waals surface area (Å²) in [6.07, 6.45) is 0. The number of para-hydroxylation sites is 1. The quantitative estimate of drug-likeness (QED) is 0.727. The number of thiol groups is 1. The molecule has 6 nitrogen and oxygen atoms in total. The number of primary amides is 1. The Balaban J connectivity index is 2.21. The summed E-state index contributed by atoms with van der Waals surface area (Å²) >= 11 is 10.4. The molecule has 0 aliphatic heterocycles. The minimum atomic E-state index is -0.536. The number of benzene rings is 2. The minimum Gasteiger partial charge on any atom is -0.375 e. The van der Waals surface area contributed by atoms with Gasteiger partial charge in [0.15, 0.2) is 0 Å². The van der Waals surface area contributed by atoms with Crippen LogP contribution in [-0.4, -0.2) is 26.0 Å². The van der Waals surface area contributed by atoms with E-state index < -0.39 is 11.9 Å². The van der Waals surface area contributed by atoms with Crippen molar-refractivity contribution >= 4 is 53.4 Å². The van der Waals surface area contributed by atoms with Crippen molar-refractivity contribution in [2.45, 2.75) is 0 Å². The third kappa shape index (κ3) is 3.93. The zero-order chi connectivity index (χ0) is 17.9. The Labute approximate surface area is 150 Å². The summed E-state index contributed by atoms with van der Waals surface area (Å²) in [5.41, 5.74) is 7.29. The molecule has 0 radical (unpaired) electrons. The lowest BCUT2D eigenvalue weighted by Gasteiger charge is -2.22. The van der Waals surface area contributed by atoms with Crippen molar-refractivity contribution in [3.8, 4) is 0 Å². The van der Waals surface area contributed by atoms with Crippen LogP contribution in [0.2, 0.25) is 5.02 Å². The van der Waals surface area contributed by atoms with Gasteiger partial charge in [-0.1, -0.05) is 30.5 Å². The molecule has 0 saturated carbocycles. The van der Waals surface area contributed by atoms with Gasteiger partial charge in [0.05, 0.1) is 22.1 Å². The van der Waals surface area contributed by atoms with Gasteiger partial charge >= 0.3 is 6.03 Å². The molecule has 0 atom stereocenters. The summed E-state index contributed by atoms with van der Waals surface area (Å²) in [6, 6.07) is 11.0. The second kappa shape index (κ2) is 7.46. The zero-order valence-corrected chi connectivity index (χ0v) is 14.8. The van der Waals surface area contributed by atoms with Crippen molar-refractivity contribution in [1.82, 2.24) is 0 Å². The van der Waals surface area contributed by atoms with E-state index in [1.165, 1.54) is 12.1 Å². The standard InChI is InChI=1S/C16H17ClN4O2S/c1-20(2)14-12(17)4-3-5-13(14)19-16(23)21(24)11-8-6-10(7-9-11)15(18)22/h3-9,24H,1-2H3,(H2,18,22)(H,19,23). The molecule has 0 saturated heterocycles. The molecular formula is C16H17ClN4O2S. The van der Waals surface area contributed by atoms with Gasteiger partial charge in [-0.3, -0.25) is 4.79 Å². The highest BCUT2D eigenvalue weighted by atomic mass is 35.5. The number of hydrogen-bond acceptors (Lipinski definition) is 4. The fourth-order valence-corrected chi connectivity index (χ4v) is 2.65. The van der Waals surface area contributed by atoms with E-state index in [9.17, 15) is 9.59 Å². The largest absolute Gasteiger partial charge is 0.375 e. The van der Waals surface area contributed by atoms with Crippen LogP contribution in [0, 0.1) is 0 Å². The molecule has 0 fully saturated rings. The third-order valence-electron chi connectivity index (χ3n) is 3.26. The Kier molecular flexibility index (Phi) is 5.58. The van der Waals surface area contributed by atoms with Crippen molar-refractivity contribution in [3.63, 3.8) is 0 Å². The lowest BCUT2D eigenvalue weighted by molar-refractivity contribution is 0.100. The SMILES string of the molecule is CN(C)c1c(Cl)cccc1NC(=O)N(S)c1ccc(C(N)=O)cc1. The molecule has 0 unspecified atom stereocenters. The smallest absolute Gasteiger partial charge is 0.336 e. The lowest BCUT2D eigenvalue weighted by atomic mass is 10.2. The molecule has 2 aromatic rings. The average molecular weight is 365 g/mol. The predicted octanol–water partition coefficient (Wildman–Crippen LogP) is 3.39. The lowest BCUT2D eigenvalue weighted by Crippen LogP contribution is -2.27. The molecule has 126 valence electrons. The van der Waals surface area contributed by atoms with Gasteiger partial charge in [0.1, 0.15) is 0 Å². The molecule has 3 amide bonds. The van der Waals surface area contributed by atoms with Crippen LogP contribution in [0.1, 0.15) is 10.4 Å². The molecule has 0 bridgehead atoms. The highest BCUT2D eigenvalue weighted by Crippen LogP contribution is 2.33. The van der Waals surface area contributed by atoms with Crippen LogP contribution < -0.4 is 20.3 Å². The maximum Gasteiger partial charge on any atom is 0.336 e. The fraction of sp³-hybridized carbons (Fsp3) is 0.125. The van der Waals surface area contributed by atoms with Crippen LogP contribution in [0.5, 0.6) is 0 Å². The fourth-order valence-electron chi connectivity index (χ4n) is 2.12. The van der Waals surface area contributed by atoms with Gasteiger partial charge in [0, 0.05) is 19.7 Å². The Bertz CT molecular complexity index is 765. The van der Waals surface area contributed by atoms with E-state index in [1.807, 2.05) is 19.0 Å². The first kappa shape index (κ1) is 18.0. The van der Waals surface area contributed by atoms with Crippen LogP contribution in [0.3, 0.4) is 0 Å². The van der Waals surface area contributed by atoms with Crippen LogP contribution >= 0.6 is 24.4 Å². The van der Waals surface area contributed by atoms with Crippen LogP contribution in [0.25, 0.3) is 0 Å². The number of amides is 3. The number of urea groups is 1. The maximum atomic E-state index is 12.4. The van der Waals surface area contributed by atoms with Crippen molar-refractivity contribution in [3.05, 3.63) is 53.1 Å². The van der Waals surface area contributed by atoms with Gasteiger partial charge in [0.2, 0.25) is 5.91 Å². The first-order valence-electron chi connectivity index (χ1n) is 6.97. The molecule has 0 heterocycles. The Morgan fingerprint density at radius 3 is 2.29 bits per heavy atom. The van der Waals surface area contributed by atoms with Crippen molar-refractivity contribution in [1.29, 1.82) is 0 Å². The number of hydrogen-bond donors (Lipinski definition) is 3. The number of nitrogens with one attached hydrogen (secondary N) is 1. The molecule has 24 heavy (non-hydrogen) atoms. The van der Waals surface area contributed by atoms with E-state index in [-0.39, 0.29) is 0 Å². The number of rotatable bonds is 4. The molecular weight excluding hydrogens is 348 g/mol. The highest BCUT2D eigenvalue weighted by Gasteiger charge is 2.16. The van der Waals surface area contributed by atoms with E-state index >= 15 is 0 Å². The zero-order valence-electron chi connectivity index (χ0n) is 13.2. The first-order valence-corrected chi connectivity index (χ1v) is 7.74. The van der Waals surface area contributed by atoms with E-state index in [0.29, 0.717) is 27.6 Å². The van der Waals surface area contributed by atoms with Crippen LogP contribution in [0.15, 0.2) is 42.5 Å². The van der Waals surface area contributed by atoms with Gasteiger partial charge < -0.3 is 16.0 Å².